The molecule has 4 rings (SSSR count). The quantitative estimate of drug-likeness (QED) is 0.713. The first-order valence-electron chi connectivity index (χ1n) is 9.27. The minimum atomic E-state index is -0.00182. The molecule has 2 unspecified atom stereocenters. The molecule has 5 nitrogen and oxygen atoms in total. The molecule has 0 bridgehead atoms. The van der Waals surface area contributed by atoms with Crippen molar-refractivity contribution in [2.24, 2.45) is 0 Å². The number of rotatable bonds is 3. The van der Waals surface area contributed by atoms with Gasteiger partial charge in [0.25, 0.3) is 5.91 Å². The molecule has 0 aliphatic carbocycles. The number of hydrogen-bond acceptors (Lipinski definition) is 3. The second-order valence-corrected chi connectivity index (χ2v) is 7.00. The molecule has 2 atom stereocenters. The third-order valence-electron chi connectivity index (χ3n) is 4.72. The zero-order valence-corrected chi connectivity index (χ0v) is 15.6. The van der Waals surface area contributed by atoms with E-state index in [1.54, 1.807) is 4.68 Å². The van der Waals surface area contributed by atoms with Crippen LogP contribution in [0.15, 0.2) is 66.9 Å². The molecule has 5 heteroatoms. The number of morpholine rings is 1. The highest BCUT2D eigenvalue weighted by Gasteiger charge is 2.29. The predicted octanol–water partition coefficient (Wildman–Crippen LogP) is 3.79. The van der Waals surface area contributed by atoms with E-state index in [0.29, 0.717) is 24.3 Å². The van der Waals surface area contributed by atoms with E-state index < -0.39 is 0 Å². The lowest BCUT2D eigenvalue weighted by Crippen LogP contribution is -2.48. The molecule has 138 valence electrons. The van der Waals surface area contributed by atoms with Crippen LogP contribution in [-0.4, -0.2) is 45.9 Å². The van der Waals surface area contributed by atoms with Crippen LogP contribution in [-0.2, 0) is 4.74 Å². The zero-order chi connectivity index (χ0) is 18.8. The highest BCUT2D eigenvalue weighted by atomic mass is 16.5. The number of amides is 1. The van der Waals surface area contributed by atoms with Crippen molar-refractivity contribution in [2.45, 2.75) is 26.1 Å². The van der Waals surface area contributed by atoms with Gasteiger partial charge in [-0.15, -0.1) is 0 Å². The van der Waals surface area contributed by atoms with Crippen molar-refractivity contribution in [2.75, 3.05) is 13.1 Å². The molecule has 2 heterocycles. The van der Waals surface area contributed by atoms with Gasteiger partial charge in [0.2, 0.25) is 0 Å². The van der Waals surface area contributed by atoms with E-state index in [9.17, 15) is 4.79 Å². The SMILES string of the molecule is CC1CN(C(=O)c2cn(-c3ccccc3)nc2-c2ccccc2)CC(C)O1. The van der Waals surface area contributed by atoms with Gasteiger partial charge in [0.05, 0.1) is 23.5 Å². The highest BCUT2D eigenvalue weighted by Crippen LogP contribution is 2.26. The monoisotopic (exact) mass is 361 g/mol. The van der Waals surface area contributed by atoms with E-state index in [2.05, 4.69) is 0 Å². The van der Waals surface area contributed by atoms with Crippen LogP contribution < -0.4 is 0 Å². The number of para-hydroxylation sites is 1. The highest BCUT2D eigenvalue weighted by molar-refractivity contribution is 6.00. The van der Waals surface area contributed by atoms with E-state index in [4.69, 9.17) is 9.84 Å². The number of nitrogens with zero attached hydrogens (tertiary/aromatic N) is 3. The lowest BCUT2D eigenvalue weighted by atomic mass is 10.1. The molecule has 0 radical (unpaired) electrons. The van der Waals surface area contributed by atoms with Gasteiger partial charge in [-0.3, -0.25) is 4.79 Å². The van der Waals surface area contributed by atoms with Gasteiger partial charge in [-0.05, 0) is 26.0 Å². The second-order valence-electron chi connectivity index (χ2n) is 7.00. The van der Waals surface area contributed by atoms with E-state index in [1.807, 2.05) is 85.6 Å². The number of carbonyl (C=O) groups excluding carboxylic acids is 1. The summed E-state index contributed by atoms with van der Waals surface area (Å²) >= 11 is 0. The molecular formula is C22H23N3O2. The van der Waals surface area contributed by atoms with Gasteiger partial charge in [0.15, 0.2) is 0 Å². The molecule has 1 aromatic heterocycles. The smallest absolute Gasteiger partial charge is 0.257 e. The van der Waals surface area contributed by atoms with Gasteiger partial charge in [-0.1, -0.05) is 48.5 Å². The normalized spacial score (nSPS) is 19.9. The molecule has 1 saturated heterocycles. The summed E-state index contributed by atoms with van der Waals surface area (Å²) in [6.07, 6.45) is 1.90. The van der Waals surface area contributed by atoms with E-state index in [0.717, 1.165) is 11.3 Å². The first-order chi connectivity index (χ1) is 13.1. The van der Waals surface area contributed by atoms with Crippen molar-refractivity contribution in [3.63, 3.8) is 0 Å². The summed E-state index contributed by atoms with van der Waals surface area (Å²) in [5.74, 6) is -0.00182. The minimum absolute atomic E-state index is 0.00182. The Bertz CT molecular complexity index is 911. The number of benzene rings is 2. The first-order valence-corrected chi connectivity index (χ1v) is 9.27. The molecule has 2 aromatic carbocycles. The van der Waals surface area contributed by atoms with Crippen LogP contribution in [0.1, 0.15) is 24.2 Å². The minimum Gasteiger partial charge on any atom is -0.372 e. The van der Waals surface area contributed by atoms with Gasteiger partial charge >= 0.3 is 0 Å². The lowest BCUT2D eigenvalue weighted by Gasteiger charge is -2.35. The number of aromatic nitrogens is 2. The van der Waals surface area contributed by atoms with Crippen LogP contribution in [0.25, 0.3) is 16.9 Å². The van der Waals surface area contributed by atoms with Gasteiger partial charge < -0.3 is 9.64 Å². The Morgan fingerprint density at radius 1 is 0.963 bits per heavy atom. The maximum Gasteiger partial charge on any atom is 0.257 e. The Hall–Kier alpha value is -2.92. The molecule has 0 saturated carbocycles. The third kappa shape index (κ3) is 3.64. The molecule has 1 aliphatic rings. The lowest BCUT2D eigenvalue weighted by molar-refractivity contribution is -0.0586. The van der Waals surface area contributed by atoms with Crippen molar-refractivity contribution in [3.05, 3.63) is 72.4 Å². The van der Waals surface area contributed by atoms with Crippen LogP contribution in [0, 0.1) is 0 Å². The van der Waals surface area contributed by atoms with E-state index in [1.165, 1.54) is 0 Å². The average molecular weight is 361 g/mol. The van der Waals surface area contributed by atoms with Gasteiger partial charge in [-0.25, -0.2) is 4.68 Å². The maximum atomic E-state index is 13.3. The van der Waals surface area contributed by atoms with Crippen molar-refractivity contribution in [1.29, 1.82) is 0 Å². The summed E-state index contributed by atoms with van der Waals surface area (Å²) in [5.41, 5.74) is 3.19. The number of ether oxygens (including phenoxy) is 1. The van der Waals surface area contributed by atoms with Crippen molar-refractivity contribution >= 4 is 5.91 Å². The van der Waals surface area contributed by atoms with Crippen LogP contribution in [0.2, 0.25) is 0 Å². The zero-order valence-electron chi connectivity index (χ0n) is 15.6. The molecule has 3 aromatic rings. The Morgan fingerprint density at radius 3 is 2.19 bits per heavy atom. The fourth-order valence-electron chi connectivity index (χ4n) is 3.57. The van der Waals surface area contributed by atoms with Gasteiger partial charge in [0, 0.05) is 24.8 Å². The van der Waals surface area contributed by atoms with Crippen molar-refractivity contribution in [1.82, 2.24) is 14.7 Å². The van der Waals surface area contributed by atoms with Gasteiger partial charge in [-0.2, -0.15) is 5.10 Å². The second kappa shape index (κ2) is 7.37. The van der Waals surface area contributed by atoms with Crippen molar-refractivity contribution in [3.8, 4) is 16.9 Å². The summed E-state index contributed by atoms with van der Waals surface area (Å²) in [6.45, 7) is 5.19. The summed E-state index contributed by atoms with van der Waals surface area (Å²) in [6, 6.07) is 19.7. The Morgan fingerprint density at radius 2 is 1.56 bits per heavy atom. The molecule has 1 aliphatic heterocycles. The van der Waals surface area contributed by atoms with Crippen LogP contribution >= 0.6 is 0 Å². The van der Waals surface area contributed by atoms with E-state index >= 15 is 0 Å². The van der Waals surface area contributed by atoms with Crippen molar-refractivity contribution < 1.29 is 9.53 Å². The molecule has 1 amide bonds. The number of hydrogen-bond donors (Lipinski definition) is 0. The largest absolute Gasteiger partial charge is 0.372 e. The Labute approximate surface area is 159 Å². The van der Waals surface area contributed by atoms with E-state index in [-0.39, 0.29) is 18.1 Å². The average Bonchev–Trinajstić information content (AvgIpc) is 3.13. The standard InChI is InChI=1S/C22H23N3O2/c1-16-13-24(14-17(2)27-16)22(26)20-15-25(19-11-7-4-8-12-19)23-21(20)18-9-5-3-6-10-18/h3-12,15-17H,13-14H2,1-2H3. The first kappa shape index (κ1) is 17.5. The molecule has 0 spiro atoms. The maximum absolute atomic E-state index is 13.3. The summed E-state index contributed by atoms with van der Waals surface area (Å²) in [7, 11) is 0. The number of carbonyl (C=O) groups is 1. The molecular weight excluding hydrogens is 338 g/mol. The van der Waals surface area contributed by atoms with Gasteiger partial charge in [0.1, 0.15) is 5.69 Å². The Kier molecular flexibility index (Phi) is 4.77. The summed E-state index contributed by atoms with van der Waals surface area (Å²) in [5, 5.41) is 4.74. The fourth-order valence-corrected chi connectivity index (χ4v) is 3.57. The van der Waals surface area contributed by atoms with Crippen LogP contribution in [0.4, 0.5) is 0 Å². The van der Waals surface area contributed by atoms with Crippen LogP contribution in [0.5, 0.6) is 0 Å². The summed E-state index contributed by atoms with van der Waals surface area (Å²) < 4.78 is 7.56. The van der Waals surface area contributed by atoms with Crippen LogP contribution in [0.3, 0.4) is 0 Å². The molecule has 27 heavy (non-hydrogen) atoms. The topological polar surface area (TPSA) is 47.4 Å². The molecule has 1 fully saturated rings. The Balaban J connectivity index is 1.76. The summed E-state index contributed by atoms with van der Waals surface area (Å²) in [4.78, 5) is 15.2. The predicted molar refractivity (Wildman–Crippen MR) is 105 cm³/mol. The molecule has 0 N–H and O–H groups in total. The fraction of sp³-hybridized carbons (Fsp3) is 0.273. The third-order valence-corrected chi connectivity index (χ3v) is 4.72.